The first-order valence-corrected chi connectivity index (χ1v) is 8.44. The highest BCUT2D eigenvalue weighted by atomic mass is 35.5. The van der Waals surface area contributed by atoms with Crippen molar-refractivity contribution in [2.24, 2.45) is 0 Å². The topological polar surface area (TPSA) is 21.3 Å². The maximum Gasteiger partial charge on any atom is 0.141 e. The van der Waals surface area contributed by atoms with Crippen LogP contribution in [0.3, 0.4) is 0 Å². The van der Waals surface area contributed by atoms with Gasteiger partial charge in [-0.1, -0.05) is 53.6 Å². The molecule has 3 rings (SSSR count). The van der Waals surface area contributed by atoms with Crippen LogP contribution in [-0.2, 0) is 13.2 Å². The first-order valence-electron chi connectivity index (χ1n) is 8.06. The molecule has 3 aromatic rings. The van der Waals surface area contributed by atoms with Crippen LogP contribution in [0.5, 0.6) is 5.75 Å². The summed E-state index contributed by atoms with van der Waals surface area (Å²) in [5, 5.41) is 3.34. The van der Waals surface area contributed by atoms with Gasteiger partial charge in [0.25, 0.3) is 0 Å². The number of rotatable bonds is 6. The van der Waals surface area contributed by atoms with Gasteiger partial charge in [-0.25, -0.2) is 4.39 Å². The van der Waals surface area contributed by atoms with E-state index in [0.29, 0.717) is 13.2 Å². The molecule has 0 atom stereocenters. The number of aryl methyl sites for hydroxylation is 1. The molecule has 0 aliphatic rings. The summed E-state index contributed by atoms with van der Waals surface area (Å²) in [6.07, 6.45) is 0. The van der Waals surface area contributed by atoms with E-state index in [1.807, 2.05) is 24.3 Å². The number of halogens is 2. The van der Waals surface area contributed by atoms with Crippen LogP contribution in [0.15, 0.2) is 66.7 Å². The molecule has 0 bridgehead atoms. The molecule has 0 aliphatic heterocycles. The van der Waals surface area contributed by atoms with Gasteiger partial charge < -0.3 is 10.1 Å². The fourth-order valence-corrected chi connectivity index (χ4v) is 2.55. The molecular formula is C21H19ClFNO. The maximum absolute atomic E-state index is 13.1. The third-order valence-electron chi connectivity index (χ3n) is 3.87. The molecule has 0 heterocycles. The Kier molecular flexibility index (Phi) is 5.56. The second-order valence-electron chi connectivity index (χ2n) is 5.90. The Hall–Kier alpha value is -2.52. The summed E-state index contributed by atoms with van der Waals surface area (Å²) in [7, 11) is 0. The van der Waals surface area contributed by atoms with Crippen molar-refractivity contribution in [2.75, 3.05) is 5.32 Å². The van der Waals surface area contributed by atoms with Crippen molar-refractivity contribution < 1.29 is 9.13 Å². The highest BCUT2D eigenvalue weighted by molar-refractivity contribution is 6.31. The van der Waals surface area contributed by atoms with Gasteiger partial charge in [-0.2, -0.15) is 0 Å². The van der Waals surface area contributed by atoms with Gasteiger partial charge in [0.15, 0.2) is 0 Å². The quantitative estimate of drug-likeness (QED) is 0.587. The zero-order chi connectivity index (χ0) is 17.6. The predicted molar refractivity (Wildman–Crippen MR) is 101 cm³/mol. The molecule has 1 N–H and O–H groups in total. The fraction of sp³-hybridized carbons (Fsp3) is 0.143. The van der Waals surface area contributed by atoms with Gasteiger partial charge in [0, 0.05) is 12.2 Å². The third-order valence-corrected chi connectivity index (χ3v) is 4.16. The molecule has 0 amide bonds. The Labute approximate surface area is 152 Å². The first kappa shape index (κ1) is 17.3. The molecule has 0 aromatic heterocycles. The van der Waals surface area contributed by atoms with Gasteiger partial charge in [-0.15, -0.1) is 0 Å². The lowest BCUT2D eigenvalue weighted by atomic mass is 10.2. The average Bonchev–Trinajstić information content (AvgIpc) is 2.63. The molecule has 0 fully saturated rings. The number of ether oxygens (including phenoxy) is 1. The van der Waals surface area contributed by atoms with Gasteiger partial charge in [0.05, 0.1) is 5.02 Å². The summed E-state index contributed by atoms with van der Waals surface area (Å²) in [6.45, 7) is 3.24. The minimum atomic E-state index is -0.415. The maximum atomic E-state index is 13.1. The molecule has 0 saturated carbocycles. The summed E-state index contributed by atoms with van der Waals surface area (Å²) in [5.41, 5.74) is 4.27. The SMILES string of the molecule is Cc1ccc(COc2ccc(CNc3ccc(F)c(Cl)c3)cc2)cc1. The van der Waals surface area contributed by atoms with Gasteiger partial charge in [-0.3, -0.25) is 0 Å². The van der Waals surface area contributed by atoms with E-state index in [1.54, 1.807) is 12.1 Å². The number of hydrogen-bond donors (Lipinski definition) is 1. The largest absolute Gasteiger partial charge is 0.489 e. The second kappa shape index (κ2) is 8.04. The normalized spacial score (nSPS) is 10.5. The van der Waals surface area contributed by atoms with E-state index in [9.17, 15) is 4.39 Å². The molecule has 25 heavy (non-hydrogen) atoms. The highest BCUT2D eigenvalue weighted by Crippen LogP contribution is 2.20. The van der Waals surface area contributed by atoms with E-state index in [1.165, 1.54) is 11.6 Å². The zero-order valence-corrected chi connectivity index (χ0v) is 14.7. The molecule has 0 aliphatic carbocycles. The summed E-state index contributed by atoms with van der Waals surface area (Å²) in [6, 6.07) is 20.8. The van der Waals surface area contributed by atoms with Crippen molar-refractivity contribution in [3.05, 3.63) is 94.3 Å². The van der Waals surface area contributed by atoms with Crippen LogP contribution >= 0.6 is 11.6 Å². The average molecular weight is 356 g/mol. The van der Waals surface area contributed by atoms with Crippen molar-refractivity contribution in [3.8, 4) is 5.75 Å². The van der Waals surface area contributed by atoms with Crippen LogP contribution in [0.4, 0.5) is 10.1 Å². The van der Waals surface area contributed by atoms with Crippen LogP contribution in [0.25, 0.3) is 0 Å². The number of hydrogen-bond acceptors (Lipinski definition) is 2. The molecular weight excluding hydrogens is 337 g/mol. The highest BCUT2D eigenvalue weighted by Gasteiger charge is 2.01. The van der Waals surface area contributed by atoms with E-state index < -0.39 is 5.82 Å². The van der Waals surface area contributed by atoms with E-state index in [0.717, 1.165) is 22.6 Å². The van der Waals surface area contributed by atoms with Crippen LogP contribution in [-0.4, -0.2) is 0 Å². The Bertz CT molecular complexity index is 832. The van der Waals surface area contributed by atoms with Crippen molar-refractivity contribution in [1.29, 1.82) is 0 Å². The Morgan fingerprint density at radius 2 is 1.60 bits per heavy atom. The number of benzene rings is 3. The molecule has 128 valence electrons. The molecule has 0 saturated heterocycles. The Morgan fingerprint density at radius 3 is 2.28 bits per heavy atom. The number of anilines is 1. The predicted octanol–water partition coefficient (Wildman–Crippen LogP) is 5.98. The van der Waals surface area contributed by atoms with Crippen molar-refractivity contribution in [1.82, 2.24) is 0 Å². The Balaban J connectivity index is 1.53. The molecule has 0 radical (unpaired) electrons. The van der Waals surface area contributed by atoms with Crippen molar-refractivity contribution in [3.63, 3.8) is 0 Å². The van der Waals surface area contributed by atoms with Gasteiger partial charge in [-0.05, 0) is 48.4 Å². The van der Waals surface area contributed by atoms with Gasteiger partial charge in [0.1, 0.15) is 18.2 Å². The molecule has 4 heteroatoms. The minimum Gasteiger partial charge on any atom is -0.489 e. The molecule has 2 nitrogen and oxygen atoms in total. The smallest absolute Gasteiger partial charge is 0.141 e. The lowest BCUT2D eigenvalue weighted by Crippen LogP contribution is -2.00. The third kappa shape index (κ3) is 4.97. The first-order chi connectivity index (χ1) is 12.1. The molecule has 0 spiro atoms. The van der Waals surface area contributed by atoms with Crippen molar-refractivity contribution >= 4 is 17.3 Å². The van der Waals surface area contributed by atoms with E-state index >= 15 is 0 Å². The summed E-state index contributed by atoms with van der Waals surface area (Å²) in [5.74, 6) is 0.413. The Morgan fingerprint density at radius 1 is 0.920 bits per heavy atom. The molecule has 0 unspecified atom stereocenters. The van der Waals surface area contributed by atoms with E-state index in [-0.39, 0.29) is 5.02 Å². The standard InChI is InChI=1S/C21H19ClFNO/c1-15-2-4-17(5-3-15)14-25-19-9-6-16(7-10-19)13-24-18-8-11-21(23)20(22)12-18/h2-12,24H,13-14H2,1H3. The van der Waals surface area contributed by atoms with Gasteiger partial charge in [0.2, 0.25) is 0 Å². The monoisotopic (exact) mass is 355 g/mol. The zero-order valence-electron chi connectivity index (χ0n) is 13.9. The van der Waals surface area contributed by atoms with E-state index in [4.69, 9.17) is 16.3 Å². The summed E-state index contributed by atoms with van der Waals surface area (Å²) < 4.78 is 18.9. The summed E-state index contributed by atoms with van der Waals surface area (Å²) >= 11 is 5.78. The van der Waals surface area contributed by atoms with Gasteiger partial charge >= 0.3 is 0 Å². The van der Waals surface area contributed by atoms with Crippen molar-refractivity contribution in [2.45, 2.75) is 20.1 Å². The van der Waals surface area contributed by atoms with Crippen LogP contribution in [0, 0.1) is 12.7 Å². The summed E-state index contributed by atoms with van der Waals surface area (Å²) in [4.78, 5) is 0. The molecule has 3 aromatic carbocycles. The fourth-order valence-electron chi connectivity index (χ4n) is 2.36. The second-order valence-corrected chi connectivity index (χ2v) is 6.31. The van der Waals surface area contributed by atoms with Crippen LogP contribution < -0.4 is 10.1 Å². The number of nitrogens with one attached hydrogen (secondary N) is 1. The van der Waals surface area contributed by atoms with E-state index in [2.05, 4.69) is 36.5 Å². The lowest BCUT2D eigenvalue weighted by Gasteiger charge is -2.09. The lowest BCUT2D eigenvalue weighted by molar-refractivity contribution is 0.306. The van der Waals surface area contributed by atoms with Crippen LogP contribution in [0.1, 0.15) is 16.7 Å². The van der Waals surface area contributed by atoms with Crippen LogP contribution in [0.2, 0.25) is 5.02 Å². The minimum absolute atomic E-state index is 0.116.